The van der Waals surface area contributed by atoms with E-state index in [9.17, 15) is 14.4 Å². The van der Waals surface area contributed by atoms with Gasteiger partial charge in [-0.2, -0.15) is 0 Å². The molecule has 0 aromatic carbocycles. The van der Waals surface area contributed by atoms with Crippen LogP contribution in [0.2, 0.25) is 4.71 Å². The molecule has 0 spiro atoms. The van der Waals surface area contributed by atoms with Crippen LogP contribution in [0.25, 0.3) is 0 Å². The van der Waals surface area contributed by atoms with Crippen molar-refractivity contribution in [3.63, 3.8) is 0 Å². The van der Waals surface area contributed by atoms with Crippen LogP contribution in [0.5, 0.6) is 0 Å². The first-order chi connectivity index (χ1) is 10.4. The van der Waals surface area contributed by atoms with Gasteiger partial charge in [0.2, 0.25) is 0 Å². The van der Waals surface area contributed by atoms with E-state index >= 15 is 0 Å². The first-order valence-electron chi connectivity index (χ1n) is 7.89. The summed E-state index contributed by atoms with van der Waals surface area (Å²) in [6.45, 7) is 1.88. The third-order valence-electron chi connectivity index (χ3n) is 3.83. The summed E-state index contributed by atoms with van der Waals surface area (Å²) in [5.41, 5.74) is 0. The molecule has 22 heavy (non-hydrogen) atoms. The number of esters is 1. The molecular weight excluding hydrogens is 349 g/mol. The molecule has 2 N–H and O–H groups in total. The van der Waals surface area contributed by atoms with Gasteiger partial charge in [0.15, 0.2) is 0 Å². The molecule has 0 aromatic rings. The van der Waals surface area contributed by atoms with Gasteiger partial charge in [0.25, 0.3) is 0 Å². The van der Waals surface area contributed by atoms with Gasteiger partial charge in [0, 0.05) is 0 Å². The van der Waals surface area contributed by atoms with E-state index in [1.54, 1.807) is 0 Å². The van der Waals surface area contributed by atoms with Gasteiger partial charge in [-0.3, -0.25) is 0 Å². The van der Waals surface area contributed by atoms with Crippen molar-refractivity contribution in [3.8, 4) is 0 Å². The van der Waals surface area contributed by atoms with Crippen LogP contribution in [0.3, 0.4) is 0 Å². The van der Waals surface area contributed by atoms with E-state index < -0.39 is 10.7 Å². The van der Waals surface area contributed by atoms with Crippen LogP contribution >= 0.6 is 0 Å². The Balaban J connectivity index is 2.38. The number of carbonyl (C=O) groups is 3. The standard InChI is InChI=1S/C15H26AsNO5/c1-2-10(17-15(21)12(16)9-13(18)19)8-14(20)22-11-6-4-3-5-7-11/h10-12H,2-9,16H2,1H3,(H,17,21)(H,18,19). The monoisotopic (exact) mass is 375 g/mol. The molecule has 1 rings (SSSR count). The SMILES string of the molecule is CCC(CC(=O)OC1CCCCC1)NC(=O)C([AsH2])CC(=O)O. The minimum absolute atomic E-state index is 0.0173. The average molecular weight is 375 g/mol. The van der Waals surface area contributed by atoms with Gasteiger partial charge in [-0.1, -0.05) is 0 Å². The summed E-state index contributed by atoms with van der Waals surface area (Å²) < 4.78 is 4.90. The summed E-state index contributed by atoms with van der Waals surface area (Å²) in [6.07, 6.45) is 5.83. The van der Waals surface area contributed by atoms with Crippen molar-refractivity contribution >= 4 is 34.7 Å². The van der Waals surface area contributed by atoms with E-state index in [-0.39, 0.29) is 36.9 Å². The number of carboxylic acids is 1. The zero-order valence-corrected chi connectivity index (χ0v) is 15.5. The topological polar surface area (TPSA) is 92.7 Å². The second-order valence-corrected chi connectivity index (χ2v) is 7.46. The van der Waals surface area contributed by atoms with Gasteiger partial charge in [0.05, 0.1) is 0 Å². The molecule has 126 valence electrons. The fourth-order valence-electron chi connectivity index (χ4n) is 2.50. The van der Waals surface area contributed by atoms with Crippen LogP contribution in [0.4, 0.5) is 0 Å². The van der Waals surface area contributed by atoms with E-state index in [1.807, 2.05) is 6.92 Å². The number of aliphatic carboxylic acids is 1. The van der Waals surface area contributed by atoms with Crippen molar-refractivity contribution in [2.75, 3.05) is 0 Å². The molecule has 0 heterocycles. The quantitative estimate of drug-likeness (QED) is 0.489. The number of ether oxygens (including phenoxy) is 1. The van der Waals surface area contributed by atoms with Gasteiger partial charge >= 0.3 is 139 Å². The van der Waals surface area contributed by atoms with Gasteiger partial charge < -0.3 is 0 Å². The molecule has 0 radical (unpaired) electrons. The number of carboxylic acid groups (broad SMARTS) is 1. The molecule has 7 heteroatoms. The predicted octanol–water partition coefficient (Wildman–Crippen LogP) is 1.04. The summed E-state index contributed by atoms with van der Waals surface area (Å²) >= 11 is 1.08. The van der Waals surface area contributed by atoms with E-state index in [0.29, 0.717) is 6.42 Å². The molecule has 0 saturated heterocycles. The Labute approximate surface area is 139 Å². The molecule has 1 aliphatic rings. The molecule has 0 bridgehead atoms. The second kappa shape index (κ2) is 9.88. The number of rotatable bonds is 8. The van der Waals surface area contributed by atoms with Gasteiger partial charge in [-0.05, 0) is 0 Å². The van der Waals surface area contributed by atoms with Crippen molar-refractivity contribution in [2.45, 2.75) is 75.1 Å². The van der Waals surface area contributed by atoms with Crippen LogP contribution in [-0.2, 0) is 19.1 Å². The number of carbonyl (C=O) groups excluding carboxylic acids is 2. The van der Waals surface area contributed by atoms with Crippen LogP contribution in [0.15, 0.2) is 0 Å². The molecule has 3 unspecified atom stereocenters. The summed E-state index contributed by atoms with van der Waals surface area (Å²) in [5.74, 6) is -1.58. The van der Waals surface area contributed by atoms with Crippen molar-refractivity contribution in [3.05, 3.63) is 0 Å². The molecular formula is C15H26AsNO5. The summed E-state index contributed by atoms with van der Waals surface area (Å²) in [5, 5.41) is 11.5. The van der Waals surface area contributed by atoms with Crippen LogP contribution in [0, 0.1) is 0 Å². The minimum atomic E-state index is -0.991. The number of hydrogen-bond acceptors (Lipinski definition) is 4. The Morgan fingerprint density at radius 2 is 1.86 bits per heavy atom. The zero-order chi connectivity index (χ0) is 16.5. The van der Waals surface area contributed by atoms with Crippen molar-refractivity contribution in [1.82, 2.24) is 5.32 Å². The Bertz CT molecular complexity index is 395. The molecule has 6 nitrogen and oxygen atoms in total. The molecule has 1 saturated carbocycles. The van der Waals surface area contributed by atoms with Crippen LogP contribution in [0.1, 0.15) is 58.3 Å². The number of hydrogen-bond donors (Lipinski definition) is 2. The van der Waals surface area contributed by atoms with Gasteiger partial charge in [-0.25, -0.2) is 0 Å². The first-order valence-corrected chi connectivity index (χ1v) is 9.29. The Morgan fingerprint density at radius 1 is 1.23 bits per heavy atom. The first kappa shape index (κ1) is 19.0. The molecule has 0 aliphatic heterocycles. The van der Waals surface area contributed by atoms with Crippen molar-refractivity contribution < 1.29 is 24.2 Å². The molecule has 1 aliphatic carbocycles. The molecule has 3 atom stereocenters. The van der Waals surface area contributed by atoms with Crippen LogP contribution in [-0.4, -0.2) is 52.0 Å². The van der Waals surface area contributed by atoms with E-state index in [4.69, 9.17) is 9.84 Å². The Hall–Kier alpha value is -1.03. The maximum absolute atomic E-state index is 11.9. The van der Waals surface area contributed by atoms with E-state index in [0.717, 1.165) is 42.5 Å². The van der Waals surface area contributed by atoms with Crippen LogP contribution < -0.4 is 5.32 Å². The van der Waals surface area contributed by atoms with Crippen molar-refractivity contribution in [2.24, 2.45) is 0 Å². The fourth-order valence-corrected chi connectivity index (χ4v) is 3.13. The summed E-state index contributed by atoms with van der Waals surface area (Å²) in [7, 11) is 0. The Morgan fingerprint density at radius 3 is 2.41 bits per heavy atom. The fraction of sp³-hybridized carbons (Fsp3) is 0.800. The number of nitrogens with one attached hydrogen (secondary N) is 1. The predicted molar refractivity (Wildman–Crippen MR) is 84.4 cm³/mol. The van der Waals surface area contributed by atoms with E-state index in [2.05, 4.69) is 5.32 Å². The average Bonchev–Trinajstić information content (AvgIpc) is 2.46. The van der Waals surface area contributed by atoms with Crippen molar-refractivity contribution in [1.29, 1.82) is 0 Å². The maximum atomic E-state index is 11.9. The molecule has 0 aromatic heterocycles. The third-order valence-corrected chi connectivity index (χ3v) is 4.96. The normalized spacial score (nSPS) is 18.3. The van der Waals surface area contributed by atoms with Gasteiger partial charge in [0.1, 0.15) is 0 Å². The third kappa shape index (κ3) is 7.30. The number of amides is 1. The van der Waals surface area contributed by atoms with E-state index in [1.165, 1.54) is 6.42 Å². The molecule has 1 fully saturated rings. The Kier molecular flexibility index (Phi) is 8.54. The zero-order valence-electron chi connectivity index (χ0n) is 13.0. The summed E-state index contributed by atoms with van der Waals surface area (Å²) in [6, 6.07) is -0.296. The second-order valence-electron chi connectivity index (χ2n) is 5.77. The van der Waals surface area contributed by atoms with Gasteiger partial charge in [-0.15, -0.1) is 0 Å². The summed E-state index contributed by atoms with van der Waals surface area (Å²) in [4.78, 5) is 34.5. The molecule has 1 amide bonds.